The second-order valence-corrected chi connectivity index (χ2v) is 4.13. The van der Waals surface area contributed by atoms with Crippen LogP contribution in [-0.4, -0.2) is 12.6 Å². The normalized spacial score (nSPS) is 16.7. The van der Waals surface area contributed by atoms with E-state index in [1.165, 1.54) is 24.8 Å². The lowest BCUT2D eigenvalue weighted by molar-refractivity contribution is 0.687. The first-order valence-corrected chi connectivity index (χ1v) is 5.65. The van der Waals surface area contributed by atoms with E-state index < -0.39 is 0 Å². The first-order valence-electron chi connectivity index (χ1n) is 5.65. The fourth-order valence-electron chi connectivity index (χ4n) is 1.46. The summed E-state index contributed by atoms with van der Waals surface area (Å²) in [6, 6.07) is 0.838. The van der Waals surface area contributed by atoms with Crippen molar-refractivity contribution in [1.82, 2.24) is 5.32 Å². The minimum atomic E-state index is 0.838. The zero-order chi connectivity index (χ0) is 10.2. The third-order valence-electron chi connectivity index (χ3n) is 2.54. The van der Waals surface area contributed by atoms with Gasteiger partial charge in [-0.1, -0.05) is 11.6 Å². The Morgan fingerprint density at radius 2 is 2.36 bits per heavy atom. The van der Waals surface area contributed by atoms with Crippen molar-refractivity contribution in [3.63, 3.8) is 0 Å². The van der Waals surface area contributed by atoms with Crippen molar-refractivity contribution < 1.29 is 0 Å². The van der Waals surface area contributed by atoms with Crippen LogP contribution in [0.15, 0.2) is 11.6 Å². The molecule has 0 saturated heterocycles. The molecule has 0 spiro atoms. The van der Waals surface area contributed by atoms with Gasteiger partial charge in [0.1, 0.15) is 0 Å². The minimum Gasteiger partial charge on any atom is -0.314 e. The van der Waals surface area contributed by atoms with Gasteiger partial charge in [-0.05, 0) is 45.6 Å². The van der Waals surface area contributed by atoms with Gasteiger partial charge < -0.3 is 5.32 Å². The van der Waals surface area contributed by atoms with Crippen LogP contribution < -0.4 is 5.32 Å². The van der Waals surface area contributed by atoms with Gasteiger partial charge in [-0.15, -0.1) is 12.3 Å². The number of rotatable bonds is 7. The molecule has 0 heterocycles. The summed E-state index contributed by atoms with van der Waals surface area (Å²) in [5, 5.41) is 3.50. The van der Waals surface area contributed by atoms with Crippen LogP contribution in [0.2, 0.25) is 0 Å². The van der Waals surface area contributed by atoms with Crippen LogP contribution in [0, 0.1) is 12.3 Å². The van der Waals surface area contributed by atoms with Gasteiger partial charge in [0, 0.05) is 12.5 Å². The van der Waals surface area contributed by atoms with Crippen molar-refractivity contribution in [2.45, 2.75) is 51.5 Å². The molecule has 0 aliphatic heterocycles. The van der Waals surface area contributed by atoms with E-state index in [1.807, 2.05) is 0 Å². The Labute approximate surface area is 88.0 Å². The van der Waals surface area contributed by atoms with Crippen LogP contribution >= 0.6 is 0 Å². The van der Waals surface area contributed by atoms with Crippen molar-refractivity contribution in [3.05, 3.63) is 11.6 Å². The second kappa shape index (κ2) is 6.68. The molecule has 0 aromatic rings. The average molecular weight is 191 g/mol. The number of hydrogen-bond acceptors (Lipinski definition) is 1. The molecule has 0 radical (unpaired) electrons. The highest BCUT2D eigenvalue weighted by Gasteiger charge is 2.19. The zero-order valence-electron chi connectivity index (χ0n) is 9.18. The minimum absolute atomic E-state index is 0.838. The molecule has 1 nitrogen and oxygen atoms in total. The van der Waals surface area contributed by atoms with E-state index in [4.69, 9.17) is 6.42 Å². The molecule has 0 amide bonds. The van der Waals surface area contributed by atoms with Gasteiger partial charge in [0.05, 0.1) is 0 Å². The van der Waals surface area contributed by atoms with E-state index in [1.54, 1.807) is 0 Å². The van der Waals surface area contributed by atoms with Crippen molar-refractivity contribution >= 4 is 0 Å². The van der Waals surface area contributed by atoms with Crippen molar-refractivity contribution in [1.29, 1.82) is 0 Å². The number of unbranched alkanes of at least 4 members (excludes halogenated alkanes) is 1. The molecule has 1 saturated carbocycles. The molecule has 1 aliphatic rings. The second-order valence-electron chi connectivity index (χ2n) is 4.13. The molecule has 0 unspecified atom stereocenters. The number of nitrogens with one attached hydrogen (secondary N) is 1. The summed E-state index contributed by atoms with van der Waals surface area (Å²) in [5.41, 5.74) is 1.48. The fourth-order valence-corrected chi connectivity index (χ4v) is 1.46. The molecule has 1 aliphatic carbocycles. The molecular formula is C13H21N. The summed E-state index contributed by atoms with van der Waals surface area (Å²) in [6.45, 7) is 3.34. The van der Waals surface area contributed by atoms with Gasteiger partial charge in [-0.25, -0.2) is 0 Å². The molecule has 78 valence electrons. The highest BCUT2D eigenvalue weighted by Crippen LogP contribution is 2.18. The quantitative estimate of drug-likeness (QED) is 0.371. The van der Waals surface area contributed by atoms with Crippen LogP contribution in [0.5, 0.6) is 0 Å². The Bertz CT molecular complexity index is 218. The Morgan fingerprint density at radius 3 is 3.00 bits per heavy atom. The molecular weight excluding hydrogens is 170 g/mol. The number of hydrogen-bond donors (Lipinski definition) is 1. The maximum absolute atomic E-state index is 5.20. The van der Waals surface area contributed by atoms with E-state index >= 15 is 0 Å². The van der Waals surface area contributed by atoms with Crippen LogP contribution in [0.1, 0.15) is 45.4 Å². The first-order chi connectivity index (χ1) is 6.83. The first kappa shape index (κ1) is 11.3. The molecule has 1 N–H and O–H groups in total. The molecule has 0 aromatic heterocycles. The van der Waals surface area contributed by atoms with Gasteiger partial charge in [-0.3, -0.25) is 0 Å². The van der Waals surface area contributed by atoms with E-state index in [2.05, 4.69) is 24.2 Å². The van der Waals surface area contributed by atoms with E-state index in [-0.39, 0.29) is 0 Å². The molecule has 1 heteroatoms. The highest BCUT2D eigenvalue weighted by atomic mass is 14.9. The predicted octanol–water partition coefficient (Wildman–Crippen LogP) is 2.88. The molecule has 0 aromatic carbocycles. The standard InChI is InChI=1S/C13H21N/c1-3-4-5-7-12(2)8-6-11-14-13-9-10-13/h1,8,13-14H,4-7,9-11H2,2H3. The van der Waals surface area contributed by atoms with Crippen LogP contribution in [0.4, 0.5) is 0 Å². The van der Waals surface area contributed by atoms with E-state index in [0.29, 0.717) is 0 Å². The van der Waals surface area contributed by atoms with E-state index in [9.17, 15) is 0 Å². The maximum atomic E-state index is 5.20. The molecule has 14 heavy (non-hydrogen) atoms. The Morgan fingerprint density at radius 1 is 1.57 bits per heavy atom. The van der Waals surface area contributed by atoms with Crippen molar-refractivity contribution in [2.24, 2.45) is 0 Å². The molecule has 1 fully saturated rings. The van der Waals surface area contributed by atoms with Crippen LogP contribution in [0.25, 0.3) is 0 Å². The number of allylic oxidation sites excluding steroid dienone is 1. The third kappa shape index (κ3) is 5.83. The summed E-state index contributed by atoms with van der Waals surface area (Å²) in [7, 11) is 0. The highest BCUT2D eigenvalue weighted by molar-refractivity contribution is 4.99. The summed E-state index contributed by atoms with van der Waals surface area (Å²) < 4.78 is 0. The van der Waals surface area contributed by atoms with Gasteiger partial charge in [-0.2, -0.15) is 0 Å². The Hall–Kier alpha value is -0.740. The topological polar surface area (TPSA) is 12.0 Å². The third-order valence-corrected chi connectivity index (χ3v) is 2.54. The largest absolute Gasteiger partial charge is 0.314 e. The SMILES string of the molecule is C#CCCCC(C)=CCCNC1CC1. The lowest BCUT2D eigenvalue weighted by atomic mass is 10.1. The average Bonchev–Trinajstić information content (AvgIpc) is 2.97. The molecule has 1 rings (SSSR count). The van der Waals surface area contributed by atoms with E-state index in [0.717, 1.165) is 31.8 Å². The van der Waals surface area contributed by atoms with Crippen LogP contribution in [-0.2, 0) is 0 Å². The van der Waals surface area contributed by atoms with Gasteiger partial charge in [0.2, 0.25) is 0 Å². The van der Waals surface area contributed by atoms with Gasteiger partial charge >= 0.3 is 0 Å². The predicted molar refractivity (Wildman–Crippen MR) is 62.1 cm³/mol. The number of terminal acetylenes is 1. The summed E-state index contributed by atoms with van der Waals surface area (Å²) in [4.78, 5) is 0. The maximum Gasteiger partial charge on any atom is 0.00891 e. The lowest BCUT2D eigenvalue weighted by Crippen LogP contribution is -2.16. The van der Waals surface area contributed by atoms with Crippen molar-refractivity contribution in [3.8, 4) is 12.3 Å². The summed E-state index contributed by atoms with van der Waals surface area (Å²) >= 11 is 0. The Balaban J connectivity index is 1.94. The Kier molecular flexibility index (Phi) is 5.40. The smallest absolute Gasteiger partial charge is 0.00891 e. The molecule has 0 atom stereocenters. The summed E-state index contributed by atoms with van der Waals surface area (Å²) in [5.74, 6) is 2.67. The van der Waals surface area contributed by atoms with Crippen molar-refractivity contribution in [2.75, 3.05) is 6.54 Å². The zero-order valence-corrected chi connectivity index (χ0v) is 9.18. The van der Waals surface area contributed by atoms with Crippen LogP contribution in [0.3, 0.4) is 0 Å². The summed E-state index contributed by atoms with van der Waals surface area (Å²) in [6.07, 6.45) is 14.7. The lowest BCUT2D eigenvalue weighted by Gasteiger charge is -2.01. The van der Waals surface area contributed by atoms with Gasteiger partial charge in [0.15, 0.2) is 0 Å². The van der Waals surface area contributed by atoms with Gasteiger partial charge in [0.25, 0.3) is 0 Å². The fraction of sp³-hybridized carbons (Fsp3) is 0.692. The monoisotopic (exact) mass is 191 g/mol. The molecule has 0 bridgehead atoms.